The predicted molar refractivity (Wildman–Crippen MR) is 87.7 cm³/mol. The average molecular weight is 308 g/mol. The number of halogens is 1. The Balaban J connectivity index is 1.75. The monoisotopic (exact) mass is 308 g/mol. The molecule has 1 fully saturated rings. The van der Waals surface area contributed by atoms with Crippen LogP contribution in [0, 0.1) is 23.6 Å². The van der Waals surface area contributed by atoms with Crippen LogP contribution in [0.25, 0.3) is 0 Å². The van der Waals surface area contributed by atoms with Gasteiger partial charge >= 0.3 is 0 Å². The summed E-state index contributed by atoms with van der Waals surface area (Å²) >= 11 is 4.46. The summed E-state index contributed by atoms with van der Waals surface area (Å²) in [6, 6.07) is 9.33. The average Bonchev–Trinajstić information content (AvgIpc) is 3.32. The van der Waals surface area contributed by atoms with Crippen molar-refractivity contribution in [1.29, 1.82) is 0 Å². The highest BCUT2D eigenvalue weighted by Crippen LogP contribution is 2.32. The second-order valence-electron chi connectivity index (χ2n) is 5.32. The number of rotatable bonds is 3. The van der Waals surface area contributed by atoms with Gasteiger partial charge in [-0.05, 0) is 55.1 Å². The number of benzene rings is 1. The van der Waals surface area contributed by atoms with Crippen LogP contribution in [0.1, 0.15) is 29.5 Å². The van der Waals surface area contributed by atoms with Gasteiger partial charge in [-0.3, -0.25) is 0 Å². The molecule has 1 aliphatic carbocycles. The summed E-state index contributed by atoms with van der Waals surface area (Å²) in [6.07, 6.45) is 5.19. The molecular formula is C18H13FN2S. The predicted octanol–water partition coefficient (Wildman–Crippen LogP) is 4.31. The van der Waals surface area contributed by atoms with Crippen molar-refractivity contribution >= 4 is 23.2 Å². The first-order valence-corrected chi connectivity index (χ1v) is 7.50. The highest BCUT2D eigenvalue weighted by Gasteiger charge is 2.21. The molecule has 4 heteroatoms. The van der Waals surface area contributed by atoms with Crippen molar-refractivity contribution in [3.63, 3.8) is 0 Å². The molecule has 0 bridgehead atoms. The third-order valence-corrected chi connectivity index (χ3v) is 3.61. The number of hydrogen-bond donors (Lipinski definition) is 0. The maximum Gasteiger partial charge on any atom is 0.165 e. The van der Waals surface area contributed by atoms with Crippen LogP contribution in [0.3, 0.4) is 0 Å². The van der Waals surface area contributed by atoms with Crippen molar-refractivity contribution < 1.29 is 4.39 Å². The number of nitrogens with zero attached hydrogens (tertiary/aromatic N) is 2. The van der Waals surface area contributed by atoms with Crippen molar-refractivity contribution in [2.24, 2.45) is 10.9 Å². The van der Waals surface area contributed by atoms with Crippen molar-refractivity contribution in [2.75, 3.05) is 0 Å². The smallest absolute Gasteiger partial charge is 0.165 e. The fourth-order valence-corrected chi connectivity index (χ4v) is 2.23. The van der Waals surface area contributed by atoms with Gasteiger partial charge in [-0.1, -0.05) is 24.0 Å². The molecule has 108 valence electrons. The lowest BCUT2D eigenvalue weighted by Gasteiger charge is -1.99. The molecule has 2 aromatic rings. The van der Waals surface area contributed by atoms with E-state index < -0.39 is 5.82 Å². The van der Waals surface area contributed by atoms with Crippen LogP contribution in [0.15, 0.2) is 41.5 Å². The molecule has 22 heavy (non-hydrogen) atoms. The fourth-order valence-electron chi connectivity index (χ4n) is 2.14. The van der Waals surface area contributed by atoms with E-state index in [0.29, 0.717) is 0 Å². The Kier molecular flexibility index (Phi) is 4.39. The summed E-state index contributed by atoms with van der Waals surface area (Å²) in [6.45, 7) is 0. The molecule has 1 aliphatic rings. The summed E-state index contributed by atoms with van der Waals surface area (Å²) in [7, 11) is 0. The SMILES string of the molecule is Fc1cc(N=C=S)ncc1C#Cc1ccc(CC2CC2)cc1. The van der Waals surface area contributed by atoms with Crippen LogP contribution in [0.5, 0.6) is 0 Å². The number of hydrogen-bond acceptors (Lipinski definition) is 3. The number of thiocarbonyl (C=S) groups is 1. The van der Waals surface area contributed by atoms with Crippen molar-refractivity contribution in [3.05, 3.63) is 59.0 Å². The summed E-state index contributed by atoms with van der Waals surface area (Å²) in [5.74, 6) is 6.35. The van der Waals surface area contributed by atoms with Crippen LogP contribution >= 0.6 is 12.2 Å². The van der Waals surface area contributed by atoms with Crippen LogP contribution in [0.4, 0.5) is 10.2 Å². The lowest BCUT2D eigenvalue weighted by atomic mass is 10.1. The van der Waals surface area contributed by atoms with Gasteiger partial charge in [0.2, 0.25) is 0 Å². The Morgan fingerprint density at radius 2 is 2.00 bits per heavy atom. The van der Waals surface area contributed by atoms with Gasteiger partial charge in [-0.25, -0.2) is 9.37 Å². The van der Waals surface area contributed by atoms with Crippen LogP contribution in [0.2, 0.25) is 0 Å². The van der Waals surface area contributed by atoms with E-state index in [1.807, 2.05) is 12.1 Å². The Labute approximate surface area is 134 Å². The summed E-state index contributed by atoms with van der Waals surface area (Å²) < 4.78 is 13.8. The minimum atomic E-state index is -0.461. The van der Waals surface area contributed by atoms with E-state index in [4.69, 9.17) is 0 Å². The summed E-state index contributed by atoms with van der Waals surface area (Å²) in [5.41, 5.74) is 2.44. The van der Waals surface area contributed by atoms with E-state index in [1.54, 1.807) is 0 Å². The molecule has 0 aliphatic heterocycles. The molecule has 1 heterocycles. The van der Waals surface area contributed by atoms with Gasteiger partial charge in [0.1, 0.15) is 5.82 Å². The van der Waals surface area contributed by atoms with Gasteiger partial charge in [0, 0.05) is 17.8 Å². The molecule has 0 unspecified atom stereocenters. The molecular weight excluding hydrogens is 295 g/mol. The Bertz CT molecular complexity index is 792. The van der Waals surface area contributed by atoms with E-state index >= 15 is 0 Å². The van der Waals surface area contributed by atoms with Gasteiger partial charge in [0.05, 0.1) is 10.7 Å². The zero-order chi connectivity index (χ0) is 15.4. The third-order valence-electron chi connectivity index (χ3n) is 3.52. The number of pyridine rings is 1. The minimum Gasteiger partial charge on any atom is -0.235 e. The first-order valence-electron chi connectivity index (χ1n) is 7.09. The molecule has 0 amide bonds. The quantitative estimate of drug-likeness (QED) is 0.480. The number of isothiocyanates is 1. The highest BCUT2D eigenvalue weighted by molar-refractivity contribution is 7.78. The number of aliphatic imine (C=N–C) groups is 1. The van der Waals surface area contributed by atoms with Gasteiger partial charge in [-0.15, -0.1) is 0 Å². The highest BCUT2D eigenvalue weighted by atomic mass is 32.1. The van der Waals surface area contributed by atoms with Gasteiger partial charge < -0.3 is 0 Å². The molecule has 0 atom stereocenters. The number of aromatic nitrogens is 1. The summed E-state index contributed by atoms with van der Waals surface area (Å²) in [4.78, 5) is 7.59. The van der Waals surface area contributed by atoms with Crippen LogP contribution in [-0.4, -0.2) is 10.1 Å². The van der Waals surface area contributed by atoms with E-state index in [9.17, 15) is 4.39 Å². The molecule has 1 aromatic heterocycles. The lowest BCUT2D eigenvalue weighted by molar-refractivity contribution is 0.622. The first-order chi connectivity index (χ1) is 10.7. The van der Waals surface area contributed by atoms with Gasteiger partial charge in [0.15, 0.2) is 5.82 Å². The van der Waals surface area contributed by atoms with Gasteiger partial charge in [-0.2, -0.15) is 4.99 Å². The normalized spacial score (nSPS) is 13.0. The Morgan fingerprint density at radius 1 is 1.23 bits per heavy atom. The van der Waals surface area contributed by atoms with Gasteiger partial charge in [0.25, 0.3) is 0 Å². The molecule has 0 saturated heterocycles. The van der Waals surface area contributed by atoms with Crippen molar-refractivity contribution in [1.82, 2.24) is 4.98 Å². The van der Waals surface area contributed by atoms with Crippen molar-refractivity contribution in [3.8, 4) is 11.8 Å². The standard InChI is InChI=1S/C18H13FN2S/c19-17-10-18(21-12-22)20-11-16(17)8-7-13-1-3-14(4-2-13)9-15-5-6-15/h1-4,10-11,15H,5-6,9H2. The molecule has 0 spiro atoms. The molecule has 0 radical (unpaired) electrons. The zero-order valence-electron chi connectivity index (χ0n) is 11.8. The first kappa shape index (κ1) is 14.6. The van der Waals surface area contributed by atoms with E-state index in [1.165, 1.54) is 30.7 Å². The van der Waals surface area contributed by atoms with E-state index in [2.05, 4.69) is 51.3 Å². The maximum absolute atomic E-state index is 13.8. The Hall–Kier alpha value is -2.34. The van der Waals surface area contributed by atoms with Crippen molar-refractivity contribution in [2.45, 2.75) is 19.3 Å². The molecule has 2 nitrogen and oxygen atoms in total. The minimum absolute atomic E-state index is 0.197. The molecule has 1 aromatic carbocycles. The second-order valence-corrected chi connectivity index (χ2v) is 5.50. The summed E-state index contributed by atoms with van der Waals surface area (Å²) in [5, 5.41) is 2.15. The second kappa shape index (κ2) is 6.62. The molecule has 1 saturated carbocycles. The maximum atomic E-state index is 13.8. The molecule has 0 N–H and O–H groups in total. The zero-order valence-corrected chi connectivity index (χ0v) is 12.7. The largest absolute Gasteiger partial charge is 0.235 e. The van der Waals surface area contributed by atoms with Crippen LogP contribution < -0.4 is 0 Å². The van der Waals surface area contributed by atoms with Crippen LogP contribution in [-0.2, 0) is 6.42 Å². The van der Waals surface area contributed by atoms with E-state index in [-0.39, 0.29) is 11.4 Å². The van der Waals surface area contributed by atoms with E-state index in [0.717, 1.165) is 17.9 Å². The fraction of sp³-hybridized carbons (Fsp3) is 0.222. The Morgan fingerprint density at radius 3 is 2.64 bits per heavy atom. The molecule has 3 rings (SSSR count). The topological polar surface area (TPSA) is 25.2 Å². The third kappa shape index (κ3) is 3.85. The lowest BCUT2D eigenvalue weighted by Crippen LogP contribution is -1.88.